The van der Waals surface area contributed by atoms with Crippen molar-refractivity contribution >= 4 is 12.0 Å². The van der Waals surface area contributed by atoms with Crippen molar-refractivity contribution in [2.24, 2.45) is 11.8 Å². The number of amides is 1. The summed E-state index contributed by atoms with van der Waals surface area (Å²) in [6, 6.07) is 5.62. The van der Waals surface area contributed by atoms with Gasteiger partial charge in [0.05, 0.1) is 14.2 Å². The lowest BCUT2D eigenvalue weighted by molar-refractivity contribution is -0.128. The molecule has 1 aliphatic carbocycles. The predicted octanol–water partition coefficient (Wildman–Crippen LogP) is 3.76. The maximum Gasteiger partial charge on any atom is 0.246 e. The van der Waals surface area contributed by atoms with Gasteiger partial charge in [-0.3, -0.25) is 4.79 Å². The molecule has 0 unspecified atom stereocenters. The average molecular weight is 329 g/mol. The summed E-state index contributed by atoms with van der Waals surface area (Å²) in [7, 11) is 3.25. The molecule has 4 heteroatoms. The Bertz CT molecular complexity index is 611. The lowest BCUT2D eigenvalue weighted by atomic mass is 9.75. The van der Waals surface area contributed by atoms with Crippen LogP contribution in [0.3, 0.4) is 0 Å². The van der Waals surface area contributed by atoms with Crippen molar-refractivity contribution in [2.75, 3.05) is 27.3 Å². The van der Waals surface area contributed by atoms with Gasteiger partial charge in [0.25, 0.3) is 0 Å². The number of carbonyl (C=O) groups is 1. The first-order valence-electron chi connectivity index (χ1n) is 8.90. The molecule has 2 fully saturated rings. The normalized spacial score (nSPS) is 23.8. The molecule has 1 amide bonds. The summed E-state index contributed by atoms with van der Waals surface area (Å²) in [5, 5.41) is 0. The lowest BCUT2D eigenvalue weighted by Gasteiger charge is -2.41. The van der Waals surface area contributed by atoms with Crippen LogP contribution in [0.4, 0.5) is 0 Å². The highest BCUT2D eigenvalue weighted by atomic mass is 16.5. The second kappa shape index (κ2) is 7.73. The zero-order chi connectivity index (χ0) is 16.9. The molecule has 2 aliphatic rings. The Morgan fingerprint density at radius 2 is 1.92 bits per heavy atom. The fraction of sp³-hybridized carbons (Fsp3) is 0.550. The van der Waals surface area contributed by atoms with Crippen molar-refractivity contribution in [3.05, 3.63) is 29.8 Å². The Morgan fingerprint density at radius 3 is 2.67 bits per heavy atom. The van der Waals surface area contributed by atoms with Gasteiger partial charge in [-0.2, -0.15) is 0 Å². The quantitative estimate of drug-likeness (QED) is 0.790. The molecule has 0 bridgehead atoms. The standard InChI is InChI=1S/C20H27NO3/c1-23-18-9-7-16(19(13-18)24-2)8-10-20(22)21-12-11-15-5-3-4-6-17(15)14-21/h7-10,13,15,17H,3-6,11-12,14H2,1-2H3/b10-8+/t15-,17+/m1/s1. The van der Waals surface area contributed by atoms with Gasteiger partial charge in [-0.05, 0) is 42.9 Å². The summed E-state index contributed by atoms with van der Waals surface area (Å²) in [5.41, 5.74) is 0.888. The van der Waals surface area contributed by atoms with E-state index in [2.05, 4.69) is 0 Å². The molecule has 1 heterocycles. The van der Waals surface area contributed by atoms with Crippen LogP contribution in [0.1, 0.15) is 37.7 Å². The van der Waals surface area contributed by atoms with Gasteiger partial charge in [0.1, 0.15) is 11.5 Å². The molecule has 0 aromatic heterocycles. The number of hydrogen-bond donors (Lipinski definition) is 0. The molecule has 0 spiro atoms. The van der Waals surface area contributed by atoms with Crippen LogP contribution in [0.2, 0.25) is 0 Å². The largest absolute Gasteiger partial charge is 0.497 e. The smallest absolute Gasteiger partial charge is 0.246 e. The van der Waals surface area contributed by atoms with Crippen LogP contribution < -0.4 is 9.47 Å². The average Bonchev–Trinajstić information content (AvgIpc) is 2.65. The fourth-order valence-corrected chi connectivity index (χ4v) is 4.02. The topological polar surface area (TPSA) is 38.8 Å². The van der Waals surface area contributed by atoms with Crippen molar-refractivity contribution in [1.29, 1.82) is 0 Å². The summed E-state index contributed by atoms with van der Waals surface area (Å²) in [4.78, 5) is 14.6. The summed E-state index contributed by atoms with van der Waals surface area (Å²) >= 11 is 0. The van der Waals surface area contributed by atoms with Gasteiger partial charge in [-0.1, -0.05) is 19.3 Å². The lowest BCUT2D eigenvalue weighted by Crippen LogP contribution is -2.44. The fourth-order valence-electron chi connectivity index (χ4n) is 4.02. The van der Waals surface area contributed by atoms with E-state index in [0.29, 0.717) is 11.7 Å². The summed E-state index contributed by atoms with van der Waals surface area (Å²) in [5.74, 6) is 3.12. The monoisotopic (exact) mass is 329 g/mol. The van der Waals surface area contributed by atoms with E-state index >= 15 is 0 Å². The first kappa shape index (κ1) is 16.9. The third-order valence-corrected chi connectivity index (χ3v) is 5.45. The maximum atomic E-state index is 12.5. The van der Waals surface area contributed by atoms with Gasteiger partial charge in [0.15, 0.2) is 0 Å². The number of hydrogen-bond acceptors (Lipinski definition) is 3. The van der Waals surface area contributed by atoms with E-state index in [9.17, 15) is 4.79 Å². The molecule has 2 atom stereocenters. The number of fused-ring (bicyclic) bond motifs is 1. The third-order valence-electron chi connectivity index (χ3n) is 5.45. The predicted molar refractivity (Wildman–Crippen MR) is 95.2 cm³/mol. The molecular formula is C20H27NO3. The Labute approximate surface area is 144 Å². The van der Waals surface area contributed by atoms with Crippen molar-refractivity contribution in [1.82, 2.24) is 4.90 Å². The number of piperidine rings is 1. The van der Waals surface area contributed by atoms with Crippen LogP contribution >= 0.6 is 0 Å². The van der Waals surface area contributed by atoms with E-state index < -0.39 is 0 Å². The highest BCUT2D eigenvalue weighted by molar-refractivity contribution is 5.92. The zero-order valence-electron chi connectivity index (χ0n) is 14.7. The van der Waals surface area contributed by atoms with E-state index in [0.717, 1.165) is 36.7 Å². The minimum absolute atomic E-state index is 0.108. The van der Waals surface area contributed by atoms with E-state index in [1.54, 1.807) is 20.3 Å². The third kappa shape index (κ3) is 3.74. The molecular weight excluding hydrogens is 302 g/mol. The molecule has 1 saturated carbocycles. The molecule has 130 valence electrons. The van der Waals surface area contributed by atoms with Crippen molar-refractivity contribution in [2.45, 2.75) is 32.1 Å². The first-order chi connectivity index (χ1) is 11.7. The summed E-state index contributed by atoms with van der Waals surface area (Å²) < 4.78 is 10.6. The molecule has 0 radical (unpaired) electrons. The number of methoxy groups -OCH3 is 2. The minimum Gasteiger partial charge on any atom is -0.497 e. The van der Waals surface area contributed by atoms with Gasteiger partial charge in [0.2, 0.25) is 5.91 Å². The van der Waals surface area contributed by atoms with E-state index in [1.165, 1.54) is 25.7 Å². The molecule has 0 N–H and O–H groups in total. The molecule has 1 aromatic rings. The highest BCUT2D eigenvalue weighted by Gasteiger charge is 2.32. The van der Waals surface area contributed by atoms with Crippen LogP contribution in [0.5, 0.6) is 11.5 Å². The van der Waals surface area contributed by atoms with Crippen LogP contribution in [0.15, 0.2) is 24.3 Å². The van der Waals surface area contributed by atoms with Gasteiger partial charge < -0.3 is 14.4 Å². The Balaban J connectivity index is 1.65. The van der Waals surface area contributed by atoms with E-state index in [1.807, 2.05) is 29.2 Å². The maximum absolute atomic E-state index is 12.5. The van der Waals surface area contributed by atoms with Crippen molar-refractivity contribution in [3.8, 4) is 11.5 Å². The number of carbonyl (C=O) groups excluding carboxylic acids is 1. The van der Waals surface area contributed by atoms with Crippen molar-refractivity contribution < 1.29 is 14.3 Å². The molecule has 24 heavy (non-hydrogen) atoms. The van der Waals surface area contributed by atoms with Gasteiger partial charge in [-0.25, -0.2) is 0 Å². The number of benzene rings is 1. The highest BCUT2D eigenvalue weighted by Crippen LogP contribution is 2.36. The molecule has 1 saturated heterocycles. The van der Waals surface area contributed by atoms with Crippen LogP contribution in [0, 0.1) is 11.8 Å². The number of rotatable bonds is 4. The second-order valence-corrected chi connectivity index (χ2v) is 6.82. The zero-order valence-corrected chi connectivity index (χ0v) is 14.7. The van der Waals surface area contributed by atoms with Crippen LogP contribution in [-0.4, -0.2) is 38.1 Å². The minimum atomic E-state index is 0.108. The van der Waals surface area contributed by atoms with Gasteiger partial charge in [0, 0.05) is 30.8 Å². The Hall–Kier alpha value is -1.97. The van der Waals surface area contributed by atoms with Crippen LogP contribution in [-0.2, 0) is 4.79 Å². The number of likely N-dealkylation sites (tertiary alicyclic amines) is 1. The SMILES string of the molecule is COc1ccc(/C=C/C(=O)N2CC[C@H]3CCCC[C@H]3C2)c(OC)c1. The number of ether oxygens (including phenoxy) is 2. The first-order valence-corrected chi connectivity index (χ1v) is 8.90. The Morgan fingerprint density at radius 1 is 1.12 bits per heavy atom. The molecule has 1 aromatic carbocycles. The summed E-state index contributed by atoms with van der Waals surface area (Å²) in [6.07, 6.45) is 10.0. The summed E-state index contributed by atoms with van der Waals surface area (Å²) in [6.45, 7) is 1.82. The van der Waals surface area contributed by atoms with Crippen LogP contribution in [0.25, 0.3) is 6.08 Å². The van der Waals surface area contributed by atoms with E-state index in [-0.39, 0.29) is 5.91 Å². The number of nitrogens with zero attached hydrogens (tertiary/aromatic N) is 1. The van der Waals surface area contributed by atoms with Crippen molar-refractivity contribution in [3.63, 3.8) is 0 Å². The molecule has 4 nitrogen and oxygen atoms in total. The van der Waals surface area contributed by atoms with Gasteiger partial charge in [-0.15, -0.1) is 0 Å². The Kier molecular flexibility index (Phi) is 5.44. The van der Waals surface area contributed by atoms with E-state index in [4.69, 9.17) is 9.47 Å². The molecule has 1 aliphatic heterocycles. The second-order valence-electron chi connectivity index (χ2n) is 6.82. The molecule has 3 rings (SSSR count). The van der Waals surface area contributed by atoms with Gasteiger partial charge >= 0.3 is 0 Å².